The number of rotatable bonds is 5. The first-order chi connectivity index (χ1) is 9.65. The molecule has 0 saturated carbocycles. The fraction of sp³-hybridized carbons (Fsp3) is 0.333. The minimum atomic E-state index is -0.600. The van der Waals surface area contributed by atoms with Crippen molar-refractivity contribution in [2.75, 3.05) is 25.1 Å². The molecule has 3 N–H and O–H groups in total. The van der Waals surface area contributed by atoms with Crippen LogP contribution in [0.25, 0.3) is 0 Å². The number of cyclic esters (lactones) is 1. The van der Waals surface area contributed by atoms with Crippen LogP contribution in [0.15, 0.2) is 23.2 Å². The van der Waals surface area contributed by atoms with E-state index in [2.05, 4.69) is 15.8 Å². The standard InChI is InChI=1S/C12H15FN4O3/c1-14-16-7-15-11-3-2-8(4-10(11)13)17-5-9(6-18)20-12(17)19/h2-4,7,9,14,18H,5-6H2,1H3,(H,15,16). The fourth-order valence-electron chi connectivity index (χ4n) is 1.76. The third-order valence-electron chi connectivity index (χ3n) is 2.73. The second kappa shape index (κ2) is 6.31. The molecule has 0 aromatic heterocycles. The van der Waals surface area contributed by atoms with Gasteiger partial charge in [0.1, 0.15) is 18.1 Å². The molecule has 1 fully saturated rings. The molecule has 1 aromatic rings. The summed E-state index contributed by atoms with van der Waals surface area (Å²) in [7, 11) is 1.65. The molecule has 7 nitrogen and oxygen atoms in total. The van der Waals surface area contributed by atoms with E-state index in [0.29, 0.717) is 5.69 Å². The Balaban J connectivity index is 2.15. The van der Waals surface area contributed by atoms with Crippen LogP contribution in [0.5, 0.6) is 0 Å². The second-order valence-electron chi connectivity index (χ2n) is 4.09. The summed E-state index contributed by atoms with van der Waals surface area (Å²) in [6, 6.07) is 4.22. The van der Waals surface area contributed by atoms with Crippen LogP contribution in [0.4, 0.5) is 20.6 Å². The lowest BCUT2D eigenvalue weighted by molar-refractivity contribution is 0.0963. The maximum Gasteiger partial charge on any atom is 0.414 e. The minimum absolute atomic E-state index is 0.141. The van der Waals surface area contributed by atoms with Gasteiger partial charge in [-0.3, -0.25) is 4.90 Å². The molecular weight excluding hydrogens is 267 g/mol. The summed E-state index contributed by atoms with van der Waals surface area (Å²) in [5.41, 5.74) is 5.72. The maximum absolute atomic E-state index is 13.8. The number of carbonyl (C=O) groups is 1. The number of anilines is 1. The van der Waals surface area contributed by atoms with Gasteiger partial charge in [0.2, 0.25) is 0 Å². The van der Waals surface area contributed by atoms with Crippen LogP contribution < -0.4 is 15.8 Å². The highest BCUT2D eigenvalue weighted by molar-refractivity contribution is 5.90. The number of aliphatic hydroxyl groups excluding tert-OH is 1. The van der Waals surface area contributed by atoms with E-state index >= 15 is 0 Å². The largest absolute Gasteiger partial charge is 0.441 e. The van der Waals surface area contributed by atoms with Crippen molar-refractivity contribution in [2.24, 2.45) is 4.99 Å². The summed E-state index contributed by atoms with van der Waals surface area (Å²) < 4.78 is 18.7. The molecule has 1 saturated heterocycles. The highest BCUT2D eigenvalue weighted by atomic mass is 19.1. The number of aliphatic imine (C=N–C) groups is 1. The summed E-state index contributed by atoms with van der Waals surface area (Å²) in [6.07, 6.45) is 0.129. The zero-order chi connectivity index (χ0) is 14.5. The number of halogens is 1. The van der Waals surface area contributed by atoms with Crippen molar-refractivity contribution in [3.8, 4) is 0 Å². The van der Waals surface area contributed by atoms with E-state index in [0.717, 1.165) is 0 Å². The number of benzene rings is 1. The molecule has 1 atom stereocenters. The molecule has 1 aliphatic rings. The average Bonchev–Trinajstić information content (AvgIpc) is 2.82. The number of nitrogens with one attached hydrogen (secondary N) is 2. The van der Waals surface area contributed by atoms with Crippen molar-refractivity contribution in [1.29, 1.82) is 0 Å². The summed E-state index contributed by atoms with van der Waals surface area (Å²) in [4.78, 5) is 16.7. The van der Waals surface area contributed by atoms with Crippen molar-refractivity contribution in [3.05, 3.63) is 24.0 Å². The maximum atomic E-state index is 13.8. The van der Waals surface area contributed by atoms with Gasteiger partial charge < -0.3 is 15.3 Å². The first-order valence-corrected chi connectivity index (χ1v) is 5.99. The lowest BCUT2D eigenvalue weighted by atomic mass is 10.2. The van der Waals surface area contributed by atoms with Gasteiger partial charge in [-0.05, 0) is 18.2 Å². The van der Waals surface area contributed by atoms with Gasteiger partial charge >= 0.3 is 6.09 Å². The van der Waals surface area contributed by atoms with Gasteiger partial charge in [0, 0.05) is 7.05 Å². The Bertz CT molecular complexity index is 523. The molecule has 2 rings (SSSR count). The van der Waals surface area contributed by atoms with Gasteiger partial charge in [-0.15, -0.1) is 0 Å². The van der Waals surface area contributed by atoms with Crippen molar-refractivity contribution >= 4 is 23.8 Å². The Morgan fingerprint density at radius 1 is 1.65 bits per heavy atom. The third-order valence-corrected chi connectivity index (χ3v) is 2.73. The number of nitrogens with zero attached hydrogens (tertiary/aromatic N) is 2. The van der Waals surface area contributed by atoms with Gasteiger partial charge in [-0.2, -0.15) is 0 Å². The predicted octanol–water partition coefficient (Wildman–Crippen LogP) is 0.527. The minimum Gasteiger partial charge on any atom is -0.441 e. The van der Waals surface area contributed by atoms with E-state index in [4.69, 9.17) is 9.84 Å². The number of hydrogen-bond donors (Lipinski definition) is 3. The van der Waals surface area contributed by atoms with Crippen LogP contribution in [-0.4, -0.2) is 43.8 Å². The molecule has 0 bridgehead atoms. The Morgan fingerprint density at radius 3 is 3.05 bits per heavy atom. The normalized spacial score (nSPS) is 18.6. The Hall–Kier alpha value is -2.19. The van der Waals surface area contributed by atoms with Crippen LogP contribution in [-0.2, 0) is 4.74 Å². The molecule has 1 unspecified atom stereocenters. The van der Waals surface area contributed by atoms with E-state index in [1.807, 2.05) is 0 Å². The highest BCUT2D eigenvalue weighted by Crippen LogP contribution is 2.26. The molecule has 108 valence electrons. The van der Waals surface area contributed by atoms with Crippen molar-refractivity contribution < 1.29 is 19.0 Å². The zero-order valence-corrected chi connectivity index (χ0v) is 10.8. The second-order valence-corrected chi connectivity index (χ2v) is 4.09. The number of hydrazine groups is 1. The van der Waals surface area contributed by atoms with Gasteiger partial charge in [0.15, 0.2) is 5.82 Å². The SMILES string of the molecule is CNNC=Nc1ccc(N2CC(CO)OC2=O)cc1F. The number of carbonyl (C=O) groups excluding carboxylic acids is 1. The number of ether oxygens (including phenoxy) is 1. The summed E-state index contributed by atoms with van der Waals surface area (Å²) in [6.45, 7) is -0.0680. The number of amides is 1. The van der Waals surface area contributed by atoms with Gasteiger partial charge in [0.05, 0.1) is 18.8 Å². The molecule has 20 heavy (non-hydrogen) atoms. The van der Waals surface area contributed by atoms with Gasteiger partial charge in [0.25, 0.3) is 0 Å². The van der Waals surface area contributed by atoms with Crippen LogP contribution in [0.3, 0.4) is 0 Å². The van der Waals surface area contributed by atoms with Crippen LogP contribution in [0.2, 0.25) is 0 Å². The quantitative estimate of drug-likeness (QED) is 0.416. The monoisotopic (exact) mass is 282 g/mol. The molecule has 1 amide bonds. The molecule has 0 radical (unpaired) electrons. The number of aliphatic hydroxyl groups is 1. The van der Waals surface area contributed by atoms with E-state index in [1.165, 1.54) is 23.4 Å². The topological polar surface area (TPSA) is 86.2 Å². The molecule has 0 aliphatic carbocycles. The highest BCUT2D eigenvalue weighted by Gasteiger charge is 2.32. The summed E-state index contributed by atoms with van der Waals surface area (Å²) in [5.74, 6) is -0.558. The molecule has 1 aliphatic heterocycles. The molecule has 1 aromatic carbocycles. The van der Waals surface area contributed by atoms with Gasteiger partial charge in [-0.1, -0.05) is 0 Å². The molecule has 1 heterocycles. The first-order valence-electron chi connectivity index (χ1n) is 5.99. The average molecular weight is 282 g/mol. The van der Waals surface area contributed by atoms with Crippen LogP contribution >= 0.6 is 0 Å². The Morgan fingerprint density at radius 2 is 2.45 bits per heavy atom. The van der Waals surface area contributed by atoms with Crippen molar-refractivity contribution in [3.63, 3.8) is 0 Å². The van der Waals surface area contributed by atoms with Crippen molar-refractivity contribution in [1.82, 2.24) is 10.9 Å². The van der Waals surface area contributed by atoms with E-state index in [9.17, 15) is 9.18 Å². The fourth-order valence-corrected chi connectivity index (χ4v) is 1.76. The third kappa shape index (κ3) is 3.03. The van der Waals surface area contributed by atoms with Crippen LogP contribution in [0, 0.1) is 5.82 Å². The predicted molar refractivity (Wildman–Crippen MR) is 71.4 cm³/mol. The molecule has 8 heteroatoms. The van der Waals surface area contributed by atoms with E-state index < -0.39 is 18.0 Å². The Labute approximate surface area is 115 Å². The zero-order valence-electron chi connectivity index (χ0n) is 10.8. The lowest BCUT2D eigenvalue weighted by Gasteiger charge is -2.13. The smallest absolute Gasteiger partial charge is 0.414 e. The van der Waals surface area contributed by atoms with E-state index in [-0.39, 0.29) is 18.8 Å². The van der Waals surface area contributed by atoms with E-state index in [1.54, 1.807) is 13.1 Å². The Kier molecular flexibility index (Phi) is 4.49. The first kappa shape index (κ1) is 14.2. The van der Waals surface area contributed by atoms with Crippen molar-refractivity contribution in [2.45, 2.75) is 6.10 Å². The lowest BCUT2D eigenvalue weighted by Crippen LogP contribution is -2.25. The molecule has 0 spiro atoms. The van der Waals surface area contributed by atoms with Gasteiger partial charge in [-0.25, -0.2) is 19.6 Å². The van der Waals surface area contributed by atoms with Crippen LogP contribution in [0.1, 0.15) is 0 Å². The molecular formula is C12H15FN4O3. The number of hydrogen-bond acceptors (Lipinski definition) is 5. The summed E-state index contributed by atoms with van der Waals surface area (Å²) >= 11 is 0. The summed E-state index contributed by atoms with van der Waals surface area (Å²) in [5, 5.41) is 8.96.